The van der Waals surface area contributed by atoms with Crippen LogP contribution in [0.2, 0.25) is 20.1 Å². The molecule has 0 spiro atoms. The second kappa shape index (κ2) is 39.0. The lowest BCUT2D eigenvalue weighted by Gasteiger charge is -2.28. The molecule has 7 aromatic heterocycles. The summed E-state index contributed by atoms with van der Waals surface area (Å²) in [7, 11) is 0. The zero-order chi connectivity index (χ0) is 98.1. The number of aromatic amines is 1. The Balaban J connectivity index is 0.000000153. The summed E-state index contributed by atoms with van der Waals surface area (Å²) in [6, 6.07) is 26.9. The third-order valence-corrected chi connectivity index (χ3v) is 23.0. The number of H-pyrrole nitrogens is 1. The quantitative estimate of drug-likeness (QED) is 0.0335. The van der Waals surface area contributed by atoms with Crippen LogP contribution >= 0.6 is 78.3 Å². The topological polar surface area (TPSA) is 461 Å². The Morgan fingerprint density at radius 3 is 1.07 bits per heavy atom. The van der Waals surface area contributed by atoms with E-state index in [-0.39, 0.29) is 150 Å². The highest BCUT2D eigenvalue weighted by molar-refractivity contribution is 9.10. The van der Waals surface area contributed by atoms with Crippen LogP contribution in [0.25, 0.3) is 0 Å². The maximum absolute atomic E-state index is 13.5. The Morgan fingerprint density at radius 2 is 0.731 bits per heavy atom. The number of nitrogens with two attached hydrogens (primary N) is 2. The summed E-state index contributed by atoms with van der Waals surface area (Å²) in [6.07, 6.45) is -9.27. The van der Waals surface area contributed by atoms with Crippen LogP contribution in [-0.2, 0) is 56.1 Å². The molecule has 3 aliphatic heterocycles. The largest absolute Gasteiger partial charge is 0.416 e. The van der Waals surface area contributed by atoms with Crippen LogP contribution in [-0.4, -0.2) is 95.7 Å². The highest BCUT2D eigenvalue weighted by atomic mass is 79.9. The number of hydrogen-bond acceptors (Lipinski definition) is 21. The molecule has 3 aliphatic carbocycles. The fourth-order valence-corrected chi connectivity index (χ4v) is 15.5. The van der Waals surface area contributed by atoms with Crippen LogP contribution in [0.15, 0.2) is 187 Å². The molecule has 3 atom stereocenters. The van der Waals surface area contributed by atoms with Crippen LogP contribution < -0.4 is 76.2 Å². The molecule has 700 valence electrons. The zero-order valence-electron chi connectivity index (χ0n) is 68.9. The van der Waals surface area contributed by atoms with Gasteiger partial charge in [-0.05, 0) is 188 Å². The highest BCUT2D eigenvalue weighted by Crippen LogP contribution is 2.43. The second-order valence-electron chi connectivity index (χ2n) is 30.5. The van der Waals surface area contributed by atoms with Crippen molar-refractivity contribution >= 4 is 172 Å². The summed E-state index contributed by atoms with van der Waals surface area (Å²) >= 11 is 30.3. The number of nitrogens with one attached hydrogen (secondary N) is 9. The normalized spacial score (nSPS) is 17.3. The maximum Gasteiger partial charge on any atom is 0.416 e. The number of primary amides is 1. The SMILES string of the molecule is CC(=O)c1cccc(C(F)(F)F)c1.CC1(c2cccc(C(F)(F)F)c2)NC(=O)c2c(Cl)cc(Br)c(=O)n21.CC1(c2cccc(C(F)(F)F)c2)NC(=O)c2c(Cl)cc(Nc3cc(NC(=O)C4CC4)ncn3)c(=O)n21.CC1(c2cccc(C(F)(F)F)c2)NC(=O)c2c(Cl)cc(Nc3cc(NC(=O)C4CC4)ncn3)c(=O)n21.NC(=O)c1[nH]c(=O)c(Br)cc1Cl.Nc1cc(NC(=O)C2CC2)ncn1. The fraction of sp³-hybridized carbons (Fsp3) is 0.238. The Hall–Kier alpha value is -13.4. The van der Waals surface area contributed by atoms with E-state index < -0.39 is 110 Å². The van der Waals surface area contributed by atoms with Gasteiger partial charge in [-0.3, -0.25) is 71.2 Å². The molecule has 10 heterocycles. The number of aromatic nitrogens is 10. The van der Waals surface area contributed by atoms with Crippen LogP contribution in [0.1, 0.15) is 157 Å². The highest BCUT2D eigenvalue weighted by Gasteiger charge is 2.49. The van der Waals surface area contributed by atoms with Gasteiger partial charge in [0.15, 0.2) is 5.78 Å². The van der Waals surface area contributed by atoms with Gasteiger partial charge in [0.1, 0.15) is 105 Å². The summed E-state index contributed by atoms with van der Waals surface area (Å²) in [6.45, 7) is 5.50. The lowest BCUT2D eigenvalue weighted by molar-refractivity contribution is -0.138. The number of carbonyl (C=O) groups is 8. The first-order valence-electron chi connectivity index (χ1n) is 39.0. The monoisotopic (exact) mass is 2070 g/mol. The number of anilines is 8. The number of nitrogens with zero attached hydrogens (tertiary/aromatic N) is 9. The Bertz CT molecular complexity index is 6640. The molecule has 11 aromatic rings. The second-order valence-corrected chi connectivity index (χ2v) is 33.9. The van der Waals surface area contributed by atoms with Crippen LogP contribution in [0, 0.1) is 17.8 Å². The molecular formula is C84H66Br2Cl4F12N20O12. The lowest BCUT2D eigenvalue weighted by Crippen LogP contribution is -2.46. The molecule has 0 bridgehead atoms. The standard InChI is InChI=1S/2C23H18ClF3N6O3.C15H9BrClF3N2O2.C9H7F3O.C8H10N4O.C6H4BrClN2O2/c2*1-22(12-3-2-4-13(7-12)23(25,26)27)32-20(35)18-14(24)8-15(21(36)33(18)22)30-16-9-17(29-10-28-16)31-19(34)11-5-6-11;1-14(7-3-2-4-8(5-7)15(18,19)20)21-12(23)11-10(17)6-9(16)13(24)22(11)14;1-6(13)7-3-2-4-8(5-7)9(10,11)12;9-6-3-7(11-4-10-6)12-8(13)5-1-2-5;7-2-1-3(8)4(5(9)11)10-6(2)12/h2*2-4,7-11H,5-6H2,1H3,(H,32,35)(H2,28,29,30,31,34);2-6H,1H3,(H,21,23);2-5H,1H3;3-5H,1-2H2,(H3,9,10,11,12,13);1H,(H2,9,11)(H,10,12). The molecule has 50 heteroatoms. The van der Waals surface area contributed by atoms with Crippen molar-refractivity contribution in [3.8, 4) is 0 Å². The smallest absolute Gasteiger partial charge is 0.384 e. The molecular weight excluding hydrogens is 2010 g/mol. The number of alkyl halides is 12. The Labute approximate surface area is 782 Å². The minimum Gasteiger partial charge on any atom is -0.384 e. The van der Waals surface area contributed by atoms with Gasteiger partial charge < -0.3 is 59.0 Å². The van der Waals surface area contributed by atoms with E-state index >= 15 is 0 Å². The number of pyridine rings is 4. The zero-order valence-corrected chi connectivity index (χ0v) is 75.1. The Kier molecular flexibility index (Phi) is 29.0. The minimum absolute atomic E-state index is 0.0228. The van der Waals surface area contributed by atoms with E-state index in [1.165, 1.54) is 132 Å². The van der Waals surface area contributed by atoms with E-state index in [0.29, 0.717) is 11.6 Å². The number of ketones is 1. The molecule has 13 N–H and O–H groups in total. The van der Waals surface area contributed by atoms with E-state index in [4.69, 9.17) is 57.9 Å². The van der Waals surface area contributed by atoms with E-state index in [0.717, 1.165) is 101 Å². The van der Waals surface area contributed by atoms with Crippen LogP contribution in [0.3, 0.4) is 0 Å². The molecule has 3 fully saturated rings. The average Bonchev–Trinajstić information content (AvgIpc) is 1.58. The average molecular weight is 2080 g/mol. The third-order valence-electron chi connectivity index (χ3n) is 20.7. The fourth-order valence-electron chi connectivity index (χ4n) is 13.4. The summed E-state index contributed by atoms with van der Waals surface area (Å²) in [5.74, 6) is -1.81. The number of halogens is 18. The molecule has 0 saturated heterocycles. The van der Waals surface area contributed by atoms with Crippen molar-refractivity contribution in [2.75, 3.05) is 32.3 Å². The van der Waals surface area contributed by atoms with E-state index in [2.05, 4.69) is 109 Å². The van der Waals surface area contributed by atoms with Gasteiger partial charge in [0.25, 0.3) is 45.9 Å². The third kappa shape index (κ3) is 22.7. The molecule has 0 radical (unpaired) electrons. The molecule has 4 aromatic carbocycles. The number of hydrogen-bond donors (Lipinski definition) is 11. The number of Topliss-reactive ketones (excluding diaryl/α,β-unsaturated/α-hetero) is 1. The van der Waals surface area contributed by atoms with Gasteiger partial charge >= 0.3 is 24.7 Å². The van der Waals surface area contributed by atoms with Crippen molar-refractivity contribution < 1.29 is 91.0 Å². The van der Waals surface area contributed by atoms with Gasteiger partial charge in [0.05, 0.1) is 51.3 Å². The predicted octanol–water partition coefficient (Wildman–Crippen LogP) is 15.7. The maximum atomic E-state index is 13.5. The first-order valence-corrected chi connectivity index (χ1v) is 42.1. The van der Waals surface area contributed by atoms with E-state index in [1.54, 1.807) is 6.07 Å². The van der Waals surface area contributed by atoms with Crippen LogP contribution in [0.4, 0.5) is 99.0 Å². The Morgan fingerprint density at radius 1 is 0.418 bits per heavy atom. The predicted molar refractivity (Wildman–Crippen MR) is 471 cm³/mol. The van der Waals surface area contributed by atoms with Gasteiger partial charge in [-0.25, -0.2) is 29.9 Å². The van der Waals surface area contributed by atoms with Crippen LogP contribution in [0.5, 0.6) is 0 Å². The summed E-state index contributed by atoms with van der Waals surface area (Å²) in [5.41, 5.74) is -0.902. The van der Waals surface area contributed by atoms with E-state index in [9.17, 15) is 110 Å². The molecule has 32 nitrogen and oxygen atoms in total. The number of nitrogen functional groups attached to an aromatic ring is 1. The number of carbonyl (C=O) groups excluding carboxylic acids is 8. The number of amides is 7. The summed E-state index contributed by atoms with van der Waals surface area (Å²) < 4.78 is 159. The summed E-state index contributed by atoms with van der Waals surface area (Å²) in [5, 5.41) is 21.3. The first kappa shape index (κ1) is 99.6. The summed E-state index contributed by atoms with van der Waals surface area (Å²) in [4.78, 5) is 171. The number of rotatable bonds is 15. The van der Waals surface area contributed by atoms with Gasteiger partial charge in [0.2, 0.25) is 17.7 Å². The van der Waals surface area contributed by atoms with Crippen molar-refractivity contribution in [1.29, 1.82) is 0 Å². The van der Waals surface area contributed by atoms with E-state index in [1.807, 2.05) is 0 Å². The molecule has 17 rings (SSSR count). The van der Waals surface area contributed by atoms with Gasteiger partial charge in [-0.1, -0.05) is 94.9 Å². The van der Waals surface area contributed by atoms with Crippen molar-refractivity contribution in [2.45, 2.75) is 108 Å². The molecule has 3 unspecified atom stereocenters. The van der Waals surface area contributed by atoms with Crippen molar-refractivity contribution in [2.24, 2.45) is 23.5 Å². The number of fused-ring (bicyclic) bond motifs is 3. The molecule has 134 heavy (non-hydrogen) atoms. The molecule has 7 amide bonds. The van der Waals surface area contributed by atoms with Gasteiger partial charge in [-0.15, -0.1) is 0 Å². The minimum atomic E-state index is -4.62. The van der Waals surface area contributed by atoms with Gasteiger partial charge in [-0.2, -0.15) is 52.7 Å². The first-order chi connectivity index (χ1) is 62.7. The van der Waals surface area contributed by atoms with Crippen molar-refractivity contribution in [3.63, 3.8) is 0 Å². The number of benzene rings is 4. The van der Waals surface area contributed by atoms with Crippen molar-refractivity contribution in [3.05, 3.63) is 296 Å². The molecule has 3 saturated carbocycles. The van der Waals surface area contributed by atoms with Crippen molar-refractivity contribution in [1.82, 2.24) is 64.5 Å². The lowest BCUT2D eigenvalue weighted by atomic mass is 9.99. The molecule has 6 aliphatic rings. The van der Waals surface area contributed by atoms with Gasteiger partial charge in [0, 0.05) is 41.5 Å².